The SMILES string of the molecule is CC12C(ON(c3ccccc3)C1c1ccccc1)c1ccccc1S2(=O)=O. The largest absolute Gasteiger partial charge is 0.263 e. The first kappa shape index (κ1) is 16.5. The Balaban J connectivity index is 1.77. The van der Waals surface area contributed by atoms with Crippen molar-refractivity contribution in [1.29, 1.82) is 0 Å². The minimum Gasteiger partial charge on any atom is -0.263 e. The maximum Gasteiger partial charge on any atom is 0.189 e. The zero-order valence-electron chi connectivity index (χ0n) is 14.8. The Morgan fingerprint density at radius 1 is 0.852 bits per heavy atom. The topological polar surface area (TPSA) is 46.6 Å². The van der Waals surface area contributed by atoms with Gasteiger partial charge < -0.3 is 0 Å². The highest BCUT2D eigenvalue weighted by Gasteiger charge is 2.67. The molecule has 0 aromatic heterocycles. The van der Waals surface area contributed by atoms with Gasteiger partial charge in [0.1, 0.15) is 16.9 Å². The highest BCUT2D eigenvalue weighted by Crippen LogP contribution is 2.61. The van der Waals surface area contributed by atoms with Crippen molar-refractivity contribution >= 4 is 15.5 Å². The van der Waals surface area contributed by atoms with Crippen molar-refractivity contribution in [3.8, 4) is 0 Å². The molecular formula is C22H19NO3S. The van der Waals surface area contributed by atoms with Crippen molar-refractivity contribution in [2.24, 2.45) is 0 Å². The van der Waals surface area contributed by atoms with Gasteiger partial charge >= 0.3 is 0 Å². The van der Waals surface area contributed by atoms with Crippen LogP contribution in [0.1, 0.15) is 30.2 Å². The first-order valence-electron chi connectivity index (χ1n) is 8.95. The maximum atomic E-state index is 13.6. The highest BCUT2D eigenvalue weighted by atomic mass is 32.2. The van der Waals surface area contributed by atoms with E-state index in [9.17, 15) is 8.42 Å². The summed E-state index contributed by atoms with van der Waals surface area (Å²) in [6.07, 6.45) is -0.552. The molecule has 0 bridgehead atoms. The van der Waals surface area contributed by atoms with Gasteiger partial charge in [0.2, 0.25) is 0 Å². The molecule has 2 heterocycles. The molecule has 5 rings (SSSR count). The van der Waals surface area contributed by atoms with Crippen LogP contribution in [0.3, 0.4) is 0 Å². The molecule has 2 aliphatic heterocycles. The van der Waals surface area contributed by atoms with Crippen molar-refractivity contribution in [3.05, 3.63) is 96.1 Å². The number of hydroxylamine groups is 1. The Morgan fingerprint density at radius 2 is 1.44 bits per heavy atom. The summed E-state index contributed by atoms with van der Waals surface area (Å²) in [6, 6.07) is 26.2. The second-order valence-electron chi connectivity index (χ2n) is 7.19. The van der Waals surface area contributed by atoms with E-state index in [-0.39, 0.29) is 0 Å². The maximum absolute atomic E-state index is 13.6. The lowest BCUT2D eigenvalue weighted by atomic mass is 9.87. The predicted octanol–water partition coefficient (Wildman–Crippen LogP) is 4.47. The average Bonchev–Trinajstić information content (AvgIpc) is 3.11. The number of rotatable bonds is 2. The summed E-state index contributed by atoms with van der Waals surface area (Å²) in [5.74, 6) is 0. The summed E-state index contributed by atoms with van der Waals surface area (Å²) >= 11 is 0. The van der Waals surface area contributed by atoms with Crippen LogP contribution in [0.25, 0.3) is 0 Å². The quantitative estimate of drug-likeness (QED) is 0.661. The number of nitrogens with zero attached hydrogens (tertiary/aromatic N) is 1. The van der Waals surface area contributed by atoms with Crippen LogP contribution in [0, 0.1) is 0 Å². The van der Waals surface area contributed by atoms with Gasteiger partial charge in [-0.15, -0.1) is 0 Å². The Morgan fingerprint density at radius 3 is 2.15 bits per heavy atom. The van der Waals surface area contributed by atoms with E-state index in [1.807, 2.05) is 79.7 Å². The van der Waals surface area contributed by atoms with Crippen molar-refractivity contribution < 1.29 is 13.3 Å². The van der Waals surface area contributed by atoms with Crippen molar-refractivity contribution in [2.75, 3.05) is 5.06 Å². The molecule has 5 heteroatoms. The second kappa shape index (κ2) is 5.68. The summed E-state index contributed by atoms with van der Waals surface area (Å²) in [4.78, 5) is 6.74. The van der Waals surface area contributed by atoms with E-state index in [0.29, 0.717) is 4.90 Å². The third kappa shape index (κ3) is 2.10. The molecule has 1 fully saturated rings. The van der Waals surface area contributed by atoms with Crippen LogP contribution in [0.15, 0.2) is 89.8 Å². The number of para-hydroxylation sites is 1. The van der Waals surface area contributed by atoms with Crippen LogP contribution >= 0.6 is 0 Å². The number of sulfone groups is 1. The van der Waals surface area contributed by atoms with Crippen molar-refractivity contribution in [1.82, 2.24) is 0 Å². The summed E-state index contributed by atoms with van der Waals surface area (Å²) in [6.45, 7) is 1.81. The highest BCUT2D eigenvalue weighted by molar-refractivity contribution is 7.93. The van der Waals surface area contributed by atoms with Crippen LogP contribution in [-0.2, 0) is 14.7 Å². The molecule has 3 aromatic carbocycles. The monoisotopic (exact) mass is 377 g/mol. The van der Waals surface area contributed by atoms with Gasteiger partial charge in [-0.25, -0.2) is 13.5 Å². The minimum absolute atomic E-state index is 0.381. The Kier molecular flexibility index (Phi) is 3.48. The summed E-state index contributed by atoms with van der Waals surface area (Å²) in [5.41, 5.74) is 2.50. The van der Waals surface area contributed by atoms with Gasteiger partial charge in [0.05, 0.1) is 10.6 Å². The molecule has 0 aliphatic carbocycles. The van der Waals surface area contributed by atoms with E-state index in [1.165, 1.54) is 0 Å². The van der Waals surface area contributed by atoms with E-state index in [0.717, 1.165) is 16.8 Å². The van der Waals surface area contributed by atoms with Gasteiger partial charge in [0.25, 0.3) is 0 Å². The lowest BCUT2D eigenvalue weighted by Crippen LogP contribution is -2.41. The van der Waals surface area contributed by atoms with E-state index in [2.05, 4.69) is 0 Å². The van der Waals surface area contributed by atoms with Gasteiger partial charge in [-0.3, -0.25) is 4.84 Å². The van der Waals surface area contributed by atoms with Crippen molar-refractivity contribution in [3.63, 3.8) is 0 Å². The first-order valence-corrected chi connectivity index (χ1v) is 10.4. The summed E-state index contributed by atoms with van der Waals surface area (Å²) in [5, 5.41) is 1.77. The summed E-state index contributed by atoms with van der Waals surface area (Å²) in [7, 11) is -3.59. The van der Waals surface area contributed by atoms with Crippen LogP contribution in [0.2, 0.25) is 0 Å². The fourth-order valence-electron chi connectivity index (χ4n) is 4.37. The Bertz CT molecular complexity index is 1100. The van der Waals surface area contributed by atoms with E-state index in [1.54, 1.807) is 17.2 Å². The number of hydrogen-bond donors (Lipinski definition) is 0. The van der Waals surface area contributed by atoms with Crippen LogP contribution in [-0.4, -0.2) is 13.2 Å². The fourth-order valence-corrected chi connectivity index (χ4v) is 6.57. The predicted molar refractivity (Wildman–Crippen MR) is 104 cm³/mol. The lowest BCUT2D eigenvalue weighted by molar-refractivity contribution is 0.0766. The molecule has 0 saturated carbocycles. The van der Waals surface area contributed by atoms with Gasteiger partial charge in [0, 0.05) is 5.56 Å². The molecule has 2 aliphatic rings. The molecule has 0 amide bonds. The second-order valence-corrected chi connectivity index (χ2v) is 9.51. The molecule has 0 spiro atoms. The lowest BCUT2D eigenvalue weighted by Gasteiger charge is -2.32. The standard InChI is InChI=1S/C22H19NO3S/c1-22-20(16-10-4-2-5-11-16)23(17-12-6-3-7-13-17)26-21(22)18-14-8-9-15-19(18)27(22,24)25/h2-15,20-21H,1H3. The number of benzene rings is 3. The van der Waals surface area contributed by atoms with Gasteiger partial charge in [0.15, 0.2) is 9.84 Å². The third-order valence-corrected chi connectivity index (χ3v) is 8.26. The summed E-state index contributed by atoms with van der Waals surface area (Å²) < 4.78 is 26.2. The molecule has 136 valence electrons. The fraction of sp³-hybridized carbons (Fsp3) is 0.182. The molecule has 0 N–H and O–H groups in total. The molecule has 3 unspecified atom stereocenters. The van der Waals surface area contributed by atoms with E-state index < -0.39 is 26.7 Å². The molecule has 0 radical (unpaired) electrons. The zero-order chi connectivity index (χ0) is 18.6. The minimum atomic E-state index is -3.59. The third-order valence-electron chi connectivity index (χ3n) is 5.71. The molecule has 27 heavy (non-hydrogen) atoms. The number of anilines is 1. The Labute approximate surface area is 158 Å². The molecule has 3 aromatic rings. The van der Waals surface area contributed by atoms with Gasteiger partial charge in [-0.1, -0.05) is 66.7 Å². The van der Waals surface area contributed by atoms with E-state index >= 15 is 0 Å². The zero-order valence-corrected chi connectivity index (χ0v) is 15.6. The normalized spacial score (nSPS) is 28.0. The van der Waals surface area contributed by atoms with Gasteiger partial charge in [-0.05, 0) is 30.7 Å². The molecule has 3 atom stereocenters. The van der Waals surface area contributed by atoms with Crippen LogP contribution < -0.4 is 5.06 Å². The molecule has 1 saturated heterocycles. The molecular weight excluding hydrogens is 358 g/mol. The number of hydrogen-bond acceptors (Lipinski definition) is 4. The van der Waals surface area contributed by atoms with E-state index in [4.69, 9.17) is 4.84 Å². The first-order chi connectivity index (χ1) is 13.0. The Hall–Kier alpha value is -2.63. The average molecular weight is 377 g/mol. The van der Waals surface area contributed by atoms with Crippen molar-refractivity contribution in [2.45, 2.75) is 28.7 Å². The molecule has 4 nitrogen and oxygen atoms in total. The van der Waals surface area contributed by atoms with Gasteiger partial charge in [-0.2, -0.15) is 0 Å². The van der Waals surface area contributed by atoms with Crippen LogP contribution in [0.5, 0.6) is 0 Å². The number of fused-ring (bicyclic) bond motifs is 3. The van der Waals surface area contributed by atoms with Crippen LogP contribution in [0.4, 0.5) is 5.69 Å². The smallest absolute Gasteiger partial charge is 0.189 e.